The molecule has 0 saturated carbocycles. The van der Waals surface area contributed by atoms with E-state index >= 15 is 0 Å². The first-order valence-corrected chi connectivity index (χ1v) is 16.2. The van der Waals surface area contributed by atoms with E-state index in [2.05, 4.69) is 16.6 Å². The van der Waals surface area contributed by atoms with Crippen molar-refractivity contribution in [2.45, 2.75) is 36.3 Å². The number of hydrogen-bond donors (Lipinski definition) is 6. The van der Waals surface area contributed by atoms with Gasteiger partial charge in [0.2, 0.25) is 15.8 Å². The number of carbonyl (C=O) groups is 3. The minimum atomic E-state index is -3.86. The minimum absolute atomic E-state index is 0.00607. The van der Waals surface area contributed by atoms with Crippen molar-refractivity contribution in [3.8, 4) is 17.6 Å². The van der Waals surface area contributed by atoms with Gasteiger partial charge >= 0.3 is 0 Å². The number of fused-ring (bicyclic) bond motifs is 3. The molecule has 2 aromatic carbocycles. The first kappa shape index (κ1) is 33.7. The molecule has 0 saturated heterocycles. The Hall–Kier alpha value is -4.68. The highest BCUT2D eigenvalue weighted by molar-refractivity contribution is 7.89. The van der Waals surface area contributed by atoms with Gasteiger partial charge in [0, 0.05) is 31.3 Å². The molecule has 0 heterocycles. The summed E-state index contributed by atoms with van der Waals surface area (Å²) >= 11 is 0. The zero-order valence-corrected chi connectivity index (χ0v) is 27.3. The Morgan fingerprint density at radius 1 is 1.11 bits per heavy atom. The number of primary amides is 1. The van der Waals surface area contributed by atoms with E-state index in [9.17, 15) is 43.2 Å². The predicted octanol–water partition coefficient (Wildman–Crippen LogP) is 0.825. The predicted molar refractivity (Wildman–Crippen MR) is 171 cm³/mol. The third-order valence-corrected chi connectivity index (χ3v) is 10.5. The number of rotatable bonds is 6. The van der Waals surface area contributed by atoms with E-state index in [1.54, 1.807) is 51.3 Å². The van der Waals surface area contributed by atoms with Crippen LogP contribution in [0.25, 0.3) is 0 Å². The van der Waals surface area contributed by atoms with Crippen LogP contribution >= 0.6 is 0 Å². The van der Waals surface area contributed by atoms with E-state index in [1.165, 1.54) is 17.0 Å². The second-order valence-corrected chi connectivity index (χ2v) is 14.2. The smallest absolute Gasteiger partial charge is 0.255 e. The topological polar surface area (TPSA) is 211 Å². The Morgan fingerprint density at radius 2 is 1.74 bits per heavy atom. The lowest BCUT2D eigenvalue weighted by Gasteiger charge is -2.50. The SMILES string of the molecule is Cc1ccc(S(=O)(=O)NCC#Cc2cc(N(C)C)c3c(c2O)C(=O)C2=C(O)[C@]4(O)C(=O)C(C(N)=O)=C(O)[C@@H](N(C)C)C4CC2C3)cc1. The van der Waals surface area contributed by atoms with Gasteiger partial charge in [-0.25, -0.2) is 8.42 Å². The maximum atomic E-state index is 14.1. The number of aliphatic hydroxyl groups is 3. The van der Waals surface area contributed by atoms with E-state index in [-0.39, 0.29) is 41.0 Å². The number of aromatic hydroxyl groups is 1. The zero-order valence-electron chi connectivity index (χ0n) is 26.5. The zero-order chi connectivity index (χ0) is 34.7. The van der Waals surface area contributed by atoms with Crippen molar-refractivity contribution in [1.82, 2.24) is 9.62 Å². The molecule has 3 aliphatic carbocycles. The van der Waals surface area contributed by atoms with Crippen LogP contribution in [-0.4, -0.2) is 97.6 Å². The number of nitrogens with zero attached hydrogens (tertiary/aromatic N) is 2. The molecule has 7 N–H and O–H groups in total. The lowest BCUT2D eigenvalue weighted by atomic mass is 9.58. The van der Waals surface area contributed by atoms with E-state index in [0.717, 1.165) is 5.56 Å². The molecule has 14 heteroatoms. The van der Waals surface area contributed by atoms with Crippen LogP contribution < -0.4 is 15.4 Å². The monoisotopic (exact) mass is 664 g/mol. The lowest BCUT2D eigenvalue weighted by molar-refractivity contribution is -0.148. The molecule has 3 aliphatic rings. The number of benzene rings is 2. The highest BCUT2D eigenvalue weighted by Gasteiger charge is 2.63. The summed E-state index contributed by atoms with van der Waals surface area (Å²) in [6.07, 6.45) is 0.0712. The molecule has 2 unspecified atom stereocenters. The van der Waals surface area contributed by atoms with Gasteiger partial charge < -0.3 is 31.1 Å². The van der Waals surface area contributed by atoms with Crippen LogP contribution in [0.2, 0.25) is 0 Å². The van der Waals surface area contributed by atoms with Crippen LogP contribution in [0.4, 0.5) is 5.69 Å². The molecule has 0 spiro atoms. The van der Waals surface area contributed by atoms with Crippen molar-refractivity contribution in [3.63, 3.8) is 0 Å². The molecule has 1 amide bonds. The highest BCUT2D eigenvalue weighted by atomic mass is 32.2. The molecule has 2 aromatic rings. The van der Waals surface area contributed by atoms with Gasteiger partial charge in [-0.3, -0.25) is 19.3 Å². The van der Waals surface area contributed by atoms with Gasteiger partial charge in [-0.15, -0.1) is 0 Å². The molecule has 248 valence electrons. The van der Waals surface area contributed by atoms with Crippen molar-refractivity contribution in [3.05, 3.63) is 75.3 Å². The summed E-state index contributed by atoms with van der Waals surface area (Å²) in [6.45, 7) is 1.52. The molecule has 4 atom stereocenters. The number of phenols is 1. The second-order valence-electron chi connectivity index (χ2n) is 12.4. The van der Waals surface area contributed by atoms with Crippen molar-refractivity contribution in [2.75, 3.05) is 39.6 Å². The summed E-state index contributed by atoms with van der Waals surface area (Å²) in [7, 11) is 2.71. The summed E-state index contributed by atoms with van der Waals surface area (Å²) < 4.78 is 27.7. The number of carbonyl (C=O) groups excluding carboxylic acids is 3. The fourth-order valence-corrected chi connectivity index (χ4v) is 7.79. The number of phenolic OH excluding ortho intramolecular Hbond substituents is 1. The van der Waals surface area contributed by atoms with E-state index in [4.69, 9.17) is 5.73 Å². The van der Waals surface area contributed by atoms with Crippen LogP contribution in [0, 0.1) is 30.6 Å². The number of nitrogens with two attached hydrogens (primary N) is 1. The van der Waals surface area contributed by atoms with Crippen LogP contribution in [-0.2, 0) is 26.0 Å². The molecule has 0 aromatic heterocycles. The summed E-state index contributed by atoms with van der Waals surface area (Å²) in [4.78, 5) is 43.1. The van der Waals surface area contributed by atoms with Crippen LogP contribution in [0.1, 0.15) is 33.5 Å². The number of Topliss-reactive ketones (excluding diaryl/α,β-unsaturated/α-hetero) is 2. The number of nitrogens with one attached hydrogen (secondary N) is 1. The first-order valence-electron chi connectivity index (χ1n) is 14.7. The number of hydrogen-bond acceptors (Lipinski definition) is 11. The standard InChI is InChI=1S/C33H36N4O9S/c1-16-8-10-19(11-9-16)47(45,46)35-12-6-7-17-15-22(36(2)3)20-13-18-14-21-26(37(4)5)29(40)25(32(34)43)31(42)33(21,44)30(41)23(18)28(39)24(20)27(17)38/h8-11,15,18,21,26,35,38,40-41,44H,12-14H2,1-5H3,(H2,34,43)/t18?,21?,26-,33-/m0/s1. The normalized spacial score (nSPS) is 23.9. The quantitative estimate of drug-likeness (QED) is 0.188. The highest BCUT2D eigenvalue weighted by Crippen LogP contribution is 2.53. The minimum Gasteiger partial charge on any atom is -0.510 e. The molecule has 0 bridgehead atoms. The van der Waals surface area contributed by atoms with Crippen molar-refractivity contribution in [1.29, 1.82) is 0 Å². The van der Waals surface area contributed by atoms with Crippen LogP contribution in [0.3, 0.4) is 0 Å². The van der Waals surface area contributed by atoms with Gasteiger partial charge in [-0.05, 0) is 63.5 Å². The Kier molecular flexibility index (Phi) is 8.48. The number of ketones is 2. The van der Waals surface area contributed by atoms with Gasteiger partial charge in [0.05, 0.1) is 28.6 Å². The second kappa shape index (κ2) is 11.8. The Morgan fingerprint density at radius 3 is 2.32 bits per heavy atom. The Balaban J connectivity index is 1.57. The average Bonchev–Trinajstić information content (AvgIpc) is 2.97. The largest absolute Gasteiger partial charge is 0.510 e. The van der Waals surface area contributed by atoms with Crippen molar-refractivity contribution < 1.29 is 43.2 Å². The van der Waals surface area contributed by atoms with Gasteiger partial charge in [0.25, 0.3) is 5.91 Å². The fourth-order valence-electron chi connectivity index (χ4n) is 6.86. The lowest BCUT2D eigenvalue weighted by Crippen LogP contribution is -2.63. The Labute approximate surface area is 272 Å². The van der Waals surface area contributed by atoms with E-state index < -0.39 is 73.8 Å². The Bertz CT molecular complexity index is 1950. The number of anilines is 1. The average molecular weight is 665 g/mol. The number of aliphatic hydroxyl groups excluding tert-OH is 2. The van der Waals surface area contributed by atoms with Crippen molar-refractivity contribution >= 4 is 33.2 Å². The summed E-state index contributed by atoms with van der Waals surface area (Å²) in [5.41, 5.74) is 3.14. The van der Waals surface area contributed by atoms with E-state index in [1.807, 2.05) is 6.92 Å². The molecular weight excluding hydrogens is 628 g/mol. The number of sulfonamides is 1. The third kappa shape index (κ3) is 5.35. The van der Waals surface area contributed by atoms with Gasteiger partial charge in [-0.1, -0.05) is 29.5 Å². The van der Waals surface area contributed by atoms with E-state index in [0.29, 0.717) is 11.3 Å². The molecular formula is C33H36N4O9S. The molecule has 0 aliphatic heterocycles. The summed E-state index contributed by atoms with van der Waals surface area (Å²) in [6, 6.07) is 6.73. The van der Waals surface area contributed by atoms with Crippen molar-refractivity contribution in [2.24, 2.45) is 17.6 Å². The van der Waals surface area contributed by atoms with Gasteiger partial charge in [0.1, 0.15) is 22.8 Å². The first-order chi connectivity index (χ1) is 21.9. The summed E-state index contributed by atoms with van der Waals surface area (Å²) in [5, 5.41) is 45.6. The number of amides is 1. The maximum Gasteiger partial charge on any atom is 0.255 e. The molecule has 0 radical (unpaired) electrons. The third-order valence-electron chi connectivity index (χ3n) is 9.09. The van der Waals surface area contributed by atoms with Gasteiger partial charge in [0.15, 0.2) is 11.4 Å². The fraction of sp³-hybridized carbons (Fsp3) is 0.364. The van der Waals surface area contributed by atoms with Crippen LogP contribution in [0.5, 0.6) is 5.75 Å². The maximum absolute atomic E-state index is 14.1. The summed E-state index contributed by atoms with van der Waals surface area (Å²) in [5.74, 6) is -2.09. The van der Waals surface area contributed by atoms with Gasteiger partial charge in [-0.2, -0.15) is 4.72 Å². The number of aryl methyl sites for hydroxylation is 1. The van der Waals surface area contributed by atoms with Crippen LogP contribution in [0.15, 0.2) is 57.9 Å². The molecule has 0 fully saturated rings. The molecule has 13 nitrogen and oxygen atoms in total. The number of allylic oxidation sites excluding steroid dienone is 1. The number of likely N-dealkylation sites (N-methyl/N-ethyl adjacent to an activating group) is 1. The molecule has 5 rings (SSSR count). The molecule has 47 heavy (non-hydrogen) atoms.